The molecule has 0 aromatic carbocycles. The van der Waals surface area contributed by atoms with Crippen molar-refractivity contribution in [2.75, 3.05) is 78.8 Å². The minimum absolute atomic E-state index is 0. The normalized spacial score (nSPS) is 8.29. The summed E-state index contributed by atoms with van der Waals surface area (Å²) in [7, 11) is 0. The van der Waals surface area contributed by atoms with E-state index in [9.17, 15) is 0 Å². The predicted octanol–water partition coefficient (Wildman–Crippen LogP) is -3.67. The van der Waals surface area contributed by atoms with Crippen molar-refractivity contribution in [2.45, 2.75) is 7.43 Å². The van der Waals surface area contributed by atoms with Crippen LogP contribution in [-0.2, 0) is 0 Å². The minimum Gasteiger partial charge on any atom is -0.395 e. The molecule has 10 N–H and O–H groups in total. The van der Waals surface area contributed by atoms with Crippen LogP contribution < -0.4 is 34.5 Å². The maximum absolute atomic E-state index is 8.39. The van der Waals surface area contributed by atoms with E-state index in [4.69, 9.17) is 20.4 Å². The molecule has 0 saturated heterocycles. The van der Waals surface area contributed by atoms with E-state index < -0.39 is 0 Å². The van der Waals surface area contributed by atoms with E-state index in [1.165, 1.54) is 0 Å². The molecule has 8 nitrogen and oxygen atoms in total. The molecule has 0 aromatic rings. The Balaban J connectivity index is -0.0000000470. The molecule has 0 aromatic heterocycles. The Hall–Kier alpha value is 3.33. The van der Waals surface area contributed by atoms with E-state index in [1.54, 1.807) is 0 Å². The van der Waals surface area contributed by atoms with Crippen LogP contribution in [0.5, 0.6) is 0 Å². The minimum atomic E-state index is 0. The van der Waals surface area contributed by atoms with E-state index >= 15 is 0 Å². The third-order valence-electron chi connectivity index (χ3n) is 2.30. The first-order valence-corrected chi connectivity index (χ1v) is 26.6. The average molecular weight is 979 g/mol. The number of rotatable bonds is 14. The van der Waals surface area contributed by atoms with Gasteiger partial charge in [-0.05, 0) is 0 Å². The van der Waals surface area contributed by atoms with Gasteiger partial charge in [0.2, 0.25) is 0 Å². The maximum atomic E-state index is 8.39. The second-order valence-electron chi connectivity index (χ2n) is 4.18. The molecule has 184 valence electrons. The van der Waals surface area contributed by atoms with E-state index in [0.29, 0.717) is 26.3 Å². The average Bonchev–Trinajstić information content (AvgIpc) is 2.64. The number of aliphatic hydroxyl groups excluding tert-OH is 4. The molecule has 0 aliphatic heterocycles. The van der Waals surface area contributed by atoms with E-state index in [1.807, 2.05) is 0 Å². The van der Waals surface area contributed by atoms with Crippen LogP contribution >= 0.6 is 74.5 Å². The molecule has 0 saturated carbocycles. The van der Waals surface area contributed by atoms with E-state index in [2.05, 4.69) is 95.7 Å². The Morgan fingerprint density at radius 1 is 0.607 bits per heavy atom. The van der Waals surface area contributed by atoms with E-state index in [-0.39, 0.29) is 48.7 Å². The van der Waals surface area contributed by atoms with Crippen LogP contribution in [0.3, 0.4) is 0 Å². The van der Waals surface area contributed by atoms with Crippen LogP contribution in [0.4, 0.5) is 0 Å². The molecule has 0 bridgehead atoms. The van der Waals surface area contributed by atoms with Gasteiger partial charge >= 0.3 is 50.5 Å². The second kappa shape index (κ2) is 63.1. The number of halogens is 5. The van der Waals surface area contributed by atoms with Crippen molar-refractivity contribution in [3.8, 4) is 0 Å². The number of aliphatic hydroxyl groups is 4. The van der Waals surface area contributed by atoms with Crippen molar-refractivity contribution in [2.24, 2.45) is 0 Å². The summed E-state index contributed by atoms with van der Waals surface area (Å²) >= 11 is 9.54. The van der Waals surface area contributed by atoms with Crippen molar-refractivity contribution in [1.29, 1.82) is 0 Å². The smallest absolute Gasteiger partial charge is 0.125 e. The van der Waals surface area contributed by atoms with Gasteiger partial charge in [-0.2, -0.15) is 0 Å². The van der Waals surface area contributed by atoms with Gasteiger partial charge in [-0.3, -0.25) is 0 Å². The topological polar surface area (TPSA) is 138 Å². The summed E-state index contributed by atoms with van der Waals surface area (Å²) < 4.78 is 0. The molecule has 0 amide bonds. The van der Waals surface area contributed by atoms with Gasteiger partial charge in [-0.15, -0.1) is 0 Å². The van der Waals surface area contributed by atoms with Crippen LogP contribution in [0.1, 0.15) is 7.43 Å². The summed E-state index contributed by atoms with van der Waals surface area (Å²) in [6.07, 6.45) is 0. The second-order valence-corrected chi connectivity index (χ2v) is 20.4. The van der Waals surface area contributed by atoms with Crippen LogP contribution in [0.2, 0.25) is 0 Å². The van der Waals surface area contributed by atoms with Gasteiger partial charge in [-0.1, -0.05) is 7.43 Å². The largest absolute Gasteiger partial charge is 0.395 e. The molecule has 0 radical (unpaired) electrons. The zero-order valence-corrected chi connectivity index (χ0v) is 27.1. The standard InChI is InChI=1S/2C6H16N2O2.CH4.2CH3.I3.I2/c2*9-5-3-7-1-2-8-4-6-10;;;;1-3-2;1-2/h2*7-10H,1-6H2;1H4;2*1H3;;/q;;;3*-1;/p+2. The van der Waals surface area contributed by atoms with Crippen LogP contribution in [-0.4, -0.2) is 99.2 Å². The molecule has 13 heteroatoms. The fraction of sp³-hybridized carbons (Fsp3) is 0.867. The predicted molar refractivity (Wildman–Crippen MR) is 153 cm³/mol. The summed E-state index contributed by atoms with van der Waals surface area (Å²) in [5, 5.41) is 43.6. The molecule has 0 spiro atoms. The zero-order chi connectivity index (χ0) is 20.0. The quantitative estimate of drug-likeness (QED) is 0.0514. The zero-order valence-electron chi connectivity index (χ0n) is 16.3. The molecule has 0 aliphatic carbocycles. The van der Waals surface area contributed by atoms with Crippen molar-refractivity contribution < 1.29 is 44.3 Å². The first-order valence-electron chi connectivity index (χ1n) is 7.74. The summed E-state index contributed by atoms with van der Waals surface area (Å²) in [6.45, 7) is 7.41. The molecule has 0 atom stereocenters. The third-order valence-corrected chi connectivity index (χ3v) is 2.30. The molecule has 0 heterocycles. The molecular formula is C15H44I5N4O4-. The third kappa shape index (κ3) is 78.4. The SMILES string of the molecule is C.II.I[I-]I.OCCNCCNCCO.OCC[NH2+]CC[NH2+]CCO.[CH3-].[CH3-]. The van der Waals surface area contributed by atoms with Crippen molar-refractivity contribution in [3.05, 3.63) is 14.9 Å². The monoisotopic (exact) mass is 979 g/mol. The first-order chi connectivity index (χ1) is 12.2. The van der Waals surface area contributed by atoms with Gasteiger partial charge in [0.25, 0.3) is 0 Å². The Bertz CT molecular complexity index is 155. The van der Waals surface area contributed by atoms with Crippen LogP contribution in [0, 0.1) is 14.9 Å². The van der Waals surface area contributed by atoms with Gasteiger partial charge in [0.15, 0.2) is 0 Å². The maximum Gasteiger partial charge on any atom is 0.125 e. The van der Waals surface area contributed by atoms with Gasteiger partial charge < -0.3 is 56.5 Å². The number of nitrogens with one attached hydrogen (secondary N) is 2. The summed E-state index contributed by atoms with van der Waals surface area (Å²) in [6, 6.07) is 0. The summed E-state index contributed by atoms with van der Waals surface area (Å²) in [5.74, 6) is 0. The molecular weight excluding hydrogens is 935 g/mol. The Kier molecular flexibility index (Phi) is 110. The number of hydrogen-bond donors (Lipinski definition) is 8. The molecule has 0 fully saturated rings. The van der Waals surface area contributed by atoms with Crippen LogP contribution in [0.25, 0.3) is 0 Å². The summed E-state index contributed by atoms with van der Waals surface area (Å²) in [5.41, 5.74) is 0. The van der Waals surface area contributed by atoms with Gasteiger partial charge in [-0.25, -0.2) is 0 Å². The number of nitrogens with two attached hydrogens (primary N) is 2. The Labute approximate surface area is 227 Å². The van der Waals surface area contributed by atoms with E-state index in [0.717, 1.165) is 39.3 Å². The molecule has 28 heavy (non-hydrogen) atoms. The van der Waals surface area contributed by atoms with Gasteiger partial charge in [0, 0.05) is 63.4 Å². The first kappa shape index (κ1) is 48.7. The number of hydrogen-bond acceptors (Lipinski definition) is 6. The fourth-order valence-electron chi connectivity index (χ4n) is 1.29. The summed E-state index contributed by atoms with van der Waals surface area (Å²) in [4.78, 5) is 0. The molecule has 0 unspecified atom stereocenters. The van der Waals surface area contributed by atoms with Gasteiger partial charge in [0.1, 0.15) is 13.1 Å². The van der Waals surface area contributed by atoms with Crippen molar-refractivity contribution in [3.63, 3.8) is 0 Å². The fourth-order valence-corrected chi connectivity index (χ4v) is 1.29. The van der Waals surface area contributed by atoms with Crippen molar-refractivity contribution in [1.82, 2.24) is 10.6 Å². The molecule has 0 rings (SSSR count). The molecule has 0 aliphatic rings. The van der Waals surface area contributed by atoms with Gasteiger partial charge in [0.05, 0.1) is 39.5 Å². The van der Waals surface area contributed by atoms with Crippen molar-refractivity contribution >= 4 is 74.5 Å². The Morgan fingerprint density at radius 3 is 1.11 bits per heavy atom. The number of quaternary nitrogens is 2. The van der Waals surface area contributed by atoms with Crippen LogP contribution in [0.15, 0.2) is 0 Å². The Morgan fingerprint density at radius 2 is 0.893 bits per heavy atom.